The van der Waals surface area contributed by atoms with Crippen molar-refractivity contribution in [2.75, 3.05) is 0 Å². The number of aryl methyl sites for hydroxylation is 1. The van der Waals surface area contributed by atoms with Crippen molar-refractivity contribution in [3.05, 3.63) is 77.9 Å². The third kappa shape index (κ3) is 2.84. The van der Waals surface area contributed by atoms with E-state index in [9.17, 15) is 0 Å². The summed E-state index contributed by atoms with van der Waals surface area (Å²) in [6.45, 7) is 1.96. The van der Waals surface area contributed by atoms with Crippen LogP contribution in [0, 0.1) is 6.92 Å². The van der Waals surface area contributed by atoms with E-state index in [1.165, 1.54) is 0 Å². The summed E-state index contributed by atoms with van der Waals surface area (Å²) in [5, 5.41) is 4.40. The summed E-state index contributed by atoms with van der Waals surface area (Å²) in [7, 11) is 0. The first-order valence-electron chi connectivity index (χ1n) is 6.76. The molecule has 3 rings (SSSR count). The van der Waals surface area contributed by atoms with E-state index in [0.29, 0.717) is 0 Å². The number of nitrogens with zero attached hydrogens (tertiary/aromatic N) is 3. The van der Waals surface area contributed by atoms with E-state index in [0.717, 1.165) is 22.5 Å². The number of aromatic nitrogens is 3. The van der Waals surface area contributed by atoms with Crippen LogP contribution >= 0.6 is 0 Å². The highest BCUT2D eigenvalue weighted by atomic mass is 15.3. The van der Waals surface area contributed by atoms with E-state index < -0.39 is 0 Å². The summed E-state index contributed by atoms with van der Waals surface area (Å²) < 4.78 is 1.83. The standard InChI is InChI=1S/C16H17N5/c1-12-7-8-13(9-18-12)16(20-17)14-10-19-21(11-14)15-5-3-2-4-6-15/h2-11,16,20H,17H2,1H3. The molecule has 0 bridgehead atoms. The Hall–Kier alpha value is -2.50. The van der Waals surface area contributed by atoms with Gasteiger partial charge in [0, 0.05) is 23.7 Å². The van der Waals surface area contributed by atoms with Crippen molar-refractivity contribution in [1.82, 2.24) is 20.2 Å². The van der Waals surface area contributed by atoms with Gasteiger partial charge in [0.1, 0.15) is 0 Å². The van der Waals surface area contributed by atoms with Crippen LogP contribution in [0.3, 0.4) is 0 Å². The van der Waals surface area contributed by atoms with Crippen molar-refractivity contribution in [3.63, 3.8) is 0 Å². The van der Waals surface area contributed by atoms with Crippen molar-refractivity contribution in [1.29, 1.82) is 0 Å². The van der Waals surface area contributed by atoms with Gasteiger partial charge in [-0.05, 0) is 30.7 Å². The lowest BCUT2D eigenvalue weighted by Gasteiger charge is -2.14. The molecule has 0 saturated carbocycles. The molecule has 1 unspecified atom stereocenters. The third-order valence-corrected chi connectivity index (χ3v) is 3.39. The van der Waals surface area contributed by atoms with Gasteiger partial charge in [0.25, 0.3) is 0 Å². The van der Waals surface area contributed by atoms with Gasteiger partial charge < -0.3 is 0 Å². The molecule has 5 heteroatoms. The Balaban J connectivity index is 1.92. The van der Waals surface area contributed by atoms with Gasteiger partial charge in [-0.15, -0.1) is 0 Å². The SMILES string of the molecule is Cc1ccc(C(NN)c2cnn(-c3ccccc3)c2)cn1. The lowest BCUT2D eigenvalue weighted by atomic mass is 10.0. The van der Waals surface area contributed by atoms with Gasteiger partial charge in [0.05, 0.1) is 17.9 Å². The van der Waals surface area contributed by atoms with E-state index in [-0.39, 0.29) is 6.04 Å². The molecule has 0 amide bonds. The molecule has 3 aromatic rings. The van der Waals surface area contributed by atoms with Crippen molar-refractivity contribution in [2.24, 2.45) is 5.84 Å². The fraction of sp³-hybridized carbons (Fsp3) is 0.125. The molecule has 5 nitrogen and oxygen atoms in total. The maximum atomic E-state index is 5.71. The molecule has 21 heavy (non-hydrogen) atoms. The first-order chi connectivity index (χ1) is 10.3. The Morgan fingerprint density at radius 3 is 2.52 bits per heavy atom. The maximum absolute atomic E-state index is 5.71. The first-order valence-corrected chi connectivity index (χ1v) is 6.76. The predicted molar refractivity (Wildman–Crippen MR) is 81.7 cm³/mol. The molecular formula is C16H17N5. The minimum absolute atomic E-state index is 0.129. The first kappa shape index (κ1) is 13.5. The number of hydrogen-bond acceptors (Lipinski definition) is 4. The van der Waals surface area contributed by atoms with Gasteiger partial charge in [0.15, 0.2) is 0 Å². The lowest BCUT2D eigenvalue weighted by Crippen LogP contribution is -2.28. The molecule has 0 saturated heterocycles. The number of benzene rings is 1. The number of hydrogen-bond donors (Lipinski definition) is 2. The molecule has 0 aliphatic carbocycles. The molecule has 1 aromatic carbocycles. The third-order valence-electron chi connectivity index (χ3n) is 3.39. The van der Waals surface area contributed by atoms with Crippen LogP contribution in [0.4, 0.5) is 0 Å². The average Bonchev–Trinajstić information content (AvgIpc) is 3.00. The van der Waals surface area contributed by atoms with Gasteiger partial charge in [0.2, 0.25) is 0 Å². The average molecular weight is 279 g/mol. The minimum Gasteiger partial charge on any atom is -0.271 e. The van der Waals surface area contributed by atoms with Crippen molar-refractivity contribution in [2.45, 2.75) is 13.0 Å². The van der Waals surface area contributed by atoms with E-state index in [4.69, 9.17) is 5.84 Å². The Labute approximate surface area is 123 Å². The summed E-state index contributed by atoms with van der Waals surface area (Å²) >= 11 is 0. The number of rotatable bonds is 4. The lowest BCUT2D eigenvalue weighted by molar-refractivity contribution is 0.634. The molecule has 0 fully saturated rings. The quantitative estimate of drug-likeness (QED) is 0.567. The fourth-order valence-electron chi connectivity index (χ4n) is 2.24. The van der Waals surface area contributed by atoms with Crippen LogP contribution in [-0.2, 0) is 0 Å². The highest BCUT2D eigenvalue weighted by Gasteiger charge is 2.15. The molecule has 0 spiro atoms. The van der Waals surface area contributed by atoms with Crippen LogP contribution in [0.25, 0.3) is 5.69 Å². The molecule has 0 aliphatic rings. The van der Waals surface area contributed by atoms with Crippen LogP contribution in [0.5, 0.6) is 0 Å². The second-order valence-corrected chi connectivity index (χ2v) is 4.89. The molecule has 1 atom stereocenters. The van der Waals surface area contributed by atoms with Crippen molar-refractivity contribution < 1.29 is 0 Å². The second kappa shape index (κ2) is 5.87. The largest absolute Gasteiger partial charge is 0.271 e. The summed E-state index contributed by atoms with van der Waals surface area (Å²) in [6, 6.07) is 13.8. The zero-order valence-electron chi connectivity index (χ0n) is 11.8. The van der Waals surface area contributed by atoms with Gasteiger partial charge in [-0.2, -0.15) is 5.10 Å². The summed E-state index contributed by atoms with van der Waals surface area (Å²) in [5.74, 6) is 5.71. The number of nitrogens with one attached hydrogen (secondary N) is 1. The smallest absolute Gasteiger partial charge is 0.0755 e. The van der Waals surface area contributed by atoms with E-state index in [2.05, 4.69) is 15.5 Å². The highest BCUT2D eigenvalue weighted by Crippen LogP contribution is 2.21. The van der Waals surface area contributed by atoms with E-state index in [1.54, 1.807) is 0 Å². The van der Waals surface area contributed by atoms with Crippen LogP contribution < -0.4 is 11.3 Å². The van der Waals surface area contributed by atoms with Gasteiger partial charge in [-0.3, -0.25) is 10.8 Å². The Morgan fingerprint density at radius 2 is 1.86 bits per heavy atom. The van der Waals surface area contributed by atoms with Gasteiger partial charge in [-0.1, -0.05) is 24.3 Å². The zero-order valence-corrected chi connectivity index (χ0v) is 11.8. The summed E-state index contributed by atoms with van der Waals surface area (Å²) in [5.41, 5.74) is 6.82. The van der Waals surface area contributed by atoms with Crippen LogP contribution in [-0.4, -0.2) is 14.8 Å². The molecule has 0 aliphatic heterocycles. The number of hydrazine groups is 1. The molecule has 0 radical (unpaired) electrons. The van der Waals surface area contributed by atoms with Crippen molar-refractivity contribution in [3.8, 4) is 5.69 Å². The normalized spacial score (nSPS) is 12.3. The number of pyridine rings is 1. The summed E-state index contributed by atoms with van der Waals surface area (Å²) in [6.07, 6.45) is 5.62. The van der Waals surface area contributed by atoms with Gasteiger partial charge in [-0.25, -0.2) is 10.1 Å². The van der Waals surface area contributed by atoms with Crippen molar-refractivity contribution >= 4 is 0 Å². The molecule has 106 valence electrons. The maximum Gasteiger partial charge on any atom is 0.0755 e. The minimum atomic E-state index is -0.129. The predicted octanol–water partition coefficient (Wildman–Crippen LogP) is 2.13. The zero-order chi connectivity index (χ0) is 14.7. The highest BCUT2D eigenvalue weighted by molar-refractivity contribution is 5.34. The molecule has 2 aromatic heterocycles. The number of nitrogens with two attached hydrogens (primary N) is 1. The molecular weight excluding hydrogens is 262 g/mol. The van der Waals surface area contributed by atoms with Gasteiger partial charge >= 0.3 is 0 Å². The topological polar surface area (TPSA) is 68.8 Å². The summed E-state index contributed by atoms with van der Waals surface area (Å²) in [4.78, 5) is 4.32. The molecule has 3 N–H and O–H groups in total. The fourth-order valence-corrected chi connectivity index (χ4v) is 2.24. The molecule has 2 heterocycles. The Kier molecular flexibility index (Phi) is 3.77. The van der Waals surface area contributed by atoms with Crippen LogP contribution in [0.15, 0.2) is 61.1 Å². The monoisotopic (exact) mass is 279 g/mol. The van der Waals surface area contributed by atoms with Crippen LogP contribution in [0.1, 0.15) is 22.9 Å². The second-order valence-electron chi connectivity index (χ2n) is 4.89. The Morgan fingerprint density at radius 1 is 1.05 bits per heavy atom. The number of para-hydroxylation sites is 1. The Bertz CT molecular complexity index is 703. The van der Waals surface area contributed by atoms with E-state index >= 15 is 0 Å². The van der Waals surface area contributed by atoms with Crippen LogP contribution in [0.2, 0.25) is 0 Å². The van der Waals surface area contributed by atoms with E-state index in [1.807, 2.05) is 72.7 Å².